The third-order valence-electron chi connectivity index (χ3n) is 1.68. The predicted molar refractivity (Wildman–Crippen MR) is 61.7 cm³/mol. The second-order valence-corrected chi connectivity index (χ2v) is 3.65. The molecule has 0 aliphatic rings. The Bertz CT molecular complexity index is 470. The summed E-state index contributed by atoms with van der Waals surface area (Å²) in [6.45, 7) is 3.57. The van der Waals surface area contributed by atoms with E-state index in [4.69, 9.17) is 23.2 Å². The van der Waals surface area contributed by atoms with E-state index in [-0.39, 0.29) is 22.5 Å². The van der Waals surface area contributed by atoms with Gasteiger partial charge in [0.15, 0.2) is 0 Å². The summed E-state index contributed by atoms with van der Waals surface area (Å²) in [4.78, 5) is 22.8. The Hall–Kier alpha value is -1.33. The van der Waals surface area contributed by atoms with Gasteiger partial charge in [0.1, 0.15) is 11.6 Å². The molecule has 16 heavy (non-hydrogen) atoms. The second kappa shape index (κ2) is 5.67. The largest absolute Gasteiger partial charge is 0.351 e. The van der Waals surface area contributed by atoms with Gasteiger partial charge < -0.3 is 5.32 Å². The fourth-order valence-electron chi connectivity index (χ4n) is 0.936. The molecule has 86 valence electrons. The fourth-order valence-corrected chi connectivity index (χ4v) is 1.21. The third kappa shape index (κ3) is 3.08. The van der Waals surface area contributed by atoms with Gasteiger partial charge in [0.25, 0.3) is 5.56 Å². The van der Waals surface area contributed by atoms with Gasteiger partial charge in [-0.2, -0.15) is 5.10 Å². The van der Waals surface area contributed by atoms with Crippen LogP contribution in [-0.4, -0.2) is 22.2 Å². The van der Waals surface area contributed by atoms with Crippen molar-refractivity contribution in [3.63, 3.8) is 0 Å². The SMILES string of the molecule is C=CCNC(=O)Cn1ncc(Cl)c(Cl)c1=O. The summed E-state index contributed by atoms with van der Waals surface area (Å²) in [6.07, 6.45) is 2.75. The van der Waals surface area contributed by atoms with Crippen molar-refractivity contribution in [2.45, 2.75) is 6.54 Å². The van der Waals surface area contributed by atoms with Crippen molar-refractivity contribution in [2.75, 3.05) is 6.54 Å². The van der Waals surface area contributed by atoms with Crippen molar-refractivity contribution in [3.8, 4) is 0 Å². The Labute approximate surface area is 102 Å². The van der Waals surface area contributed by atoms with E-state index < -0.39 is 5.56 Å². The molecule has 1 heterocycles. The lowest BCUT2D eigenvalue weighted by atomic mass is 10.5. The van der Waals surface area contributed by atoms with Gasteiger partial charge in [-0.1, -0.05) is 29.3 Å². The van der Waals surface area contributed by atoms with E-state index in [9.17, 15) is 9.59 Å². The number of amides is 1. The van der Waals surface area contributed by atoms with Crippen LogP contribution in [0.5, 0.6) is 0 Å². The van der Waals surface area contributed by atoms with Crippen LogP contribution in [0.3, 0.4) is 0 Å². The standard InChI is InChI=1S/C9H9Cl2N3O2/c1-2-3-12-7(15)5-14-9(16)8(11)6(10)4-13-14/h2,4H,1,3,5H2,(H,12,15). The number of aromatic nitrogens is 2. The average molecular weight is 262 g/mol. The quantitative estimate of drug-likeness (QED) is 0.818. The third-order valence-corrected chi connectivity index (χ3v) is 2.43. The maximum atomic E-state index is 11.5. The van der Waals surface area contributed by atoms with Crippen molar-refractivity contribution in [3.05, 3.63) is 39.3 Å². The molecule has 1 aromatic heterocycles. The minimum atomic E-state index is -0.595. The summed E-state index contributed by atoms with van der Waals surface area (Å²) < 4.78 is 0.937. The number of hydrogen-bond acceptors (Lipinski definition) is 3. The molecule has 0 aliphatic heterocycles. The summed E-state index contributed by atoms with van der Waals surface area (Å²) >= 11 is 11.2. The first kappa shape index (κ1) is 12.7. The minimum Gasteiger partial charge on any atom is -0.351 e. The highest BCUT2D eigenvalue weighted by molar-refractivity contribution is 6.41. The lowest BCUT2D eigenvalue weighted by molar-refractivity contribution is -0.121. The van der Waals surface area contributed by atoms with Gasteiger partial charge in [0, 0.05) is 6.54 Å². The molecule has 0 unspecified atom stereocenters. The number of hydrogen-bond donors (Lipinski definition) is 1. The van der Waals surface area contributed by atoms with Gasteiger partial charge in [0.2, 0.25) is 5.91 Å². The molecule has 0 saturated carbocycles. The molecule has 1 amide bonds. The summed E-state index contributed by atoms with van der Waals surface area (Å²) in [7, 11) is 0. The Kier molecular flexibility index (Phi) is 4.52. The average Bonchev–Trinajstić information content (AvgIpc) is 2.27. The van der Waals surface area contributed by atoms with Gasteiger partial charge >= 0.3 is 0 Å². The van der Waals surface area contributed by atoms with Crippen LogP contribution in [0.15, 0.2) is 23.6 Å². The van der Waals surface area contributed by atoms with E-state index in [1.54, 1.807) is 0 Å². The van der Waals surface area contributed by atoms with Crippen LogP contribution in [0.25, 0.3) is 0 Å². The first-order chi connectivity index (χ1) is 7.56. The Morgan fingerprint density at radius 1 is 1.62 bits per heavy atom. The summed E-state index contributed by atoms with van der Waals surface area (Å²) in [5.74, 6) is -0.354. The summed E-state index contributed by atoms with van der Waals surface area (Å²) in [5.41, 5.74) is -0.595. The van der Waals surface area contributed by atoms with Crippen LogP contribution >= 0.6 is 23.2 Å². The topological polar surface area (TPSA) is 64.0 Å². The molecule has 0 spiro atoms. The molecule has 0 aliphatic carbocycles. The zero-order valence-corrected chi connectivity index (χ0v) is 9.75. The lowest BCUT2D eigenvalue weighted by Gasteiger charge is -2.05. The van der Waals surface area contributed by atoms with Crippen molar-refractivity contribution in [1.29, 1.82) is 0 Å². The van der Waals surface area contributed by atoms with Gasteiger partial charge in [-0.3, -0.25) is 9.59 Å². The van der Waals surface area contributed by atoms with Crippen LogP contribution in [0, 0.1) is 0 Å². The predicted octanol–water partition coefficient (Wildman–Crippen LogP) is 0.852. The number of rotatable bonds is 4. The molecule has 0 saturated heterocycles. The number of nitrogens with one attached hydrogen (secondary N) is 1. The zero-order valence-electron chi connectivity index (χ0n) is 8.24. The van der Waals surface area contributed by atoms with E-state index in [1.807, 2.05) is 0 Å². The Balaban J connectivity index is 2.82. The van der Waals surface area contributed by atoms with Crippen molar-refractivity contribution < 1.29 is 4.79 Å². The minimum absolute atomic E-state index is 0.0643. The van der Waals surface area contributed by atoms with Crippen LogP contribution < -0.4 is 10.9 Å². The summed E-state index contributed by atoms with van der Waals surface area (Å²) in [5, 5.41) is 6.12. The number of carbonyl (C=O) groups excluding carboxylic acids is 1. The van der Waals surface area contributed by atoms with Crippen LogP contribution in [0.2, 0.25) is 10.0 Å². The van der Waals surface area contributed by atoms with Crippen molar-refractivity contribution in [2.24, 2.45) is 0 Å². The second-order valence-electron chi connectivity index (χ2n) is 2.86. The molecular weight excluding hydrogens is 253 g/mol. The number of carbonyl (C=O) groups is 1. The maximum Gasteiger partial charge on any atom is 0.287 e. The van der Waals surface area contributed by atoms with E-state index in [1.165, 1.54) is 12.3 Å². The highest BCUT2D eigenvalue weighted by atomic mass is 35.5. The molecule has 0 aromatic carbocycles. The van der Waals surface area contributed by atoms with Crippen molar-refractivity contribution in [1.82, 2.24) is 15.1 Å². The first-order valence-corrected chi connectivity index (χ1v) is 5.10. The van der Waals surface area contributed by atoms with E-state index >= 15 is 0 Å². The molecule has 0 radical (unpaired) electrons. The molecule has 1 aromatic rings. The number of nitrogens with zero attached hydrogens (tertiary/aromatic N) is 2. The molecule has 1 rings (SSSR count). The molecule has 5 nitrogen and oxygen atoms in total. The van der Waals surface area contributed by atoms with Gasteiger partial charge in [-0.25, -0.2) is 4.68 Å². The highest BCUT2D eigenvalue weighted by Crippen LogP contribution is 2.14. The highest BCUT2D eigenvalue weighted by Gasteiger charge is 2.09. The first-order valence-electron chi connectivity index (χ1n) is 4.35. The fraction of sp³-hybridized carbons (Fsp3) is 0.222. The van der Waals surface area contributed by atoms with Gasteiger partial charge in [-0.15, -0.1) is 6.58 Å². The van der Waals surface area contributed by atoms with E-state index in [2.05, 4.69) is 17.0 Å². The maximum absolute atomic E-state index is 11.5. The molecule has 0 bridgehead atoms. The number of halogens is 2. The smallest absolute Gasteiger partial charge is 0.287 e. The van der Waals surface area contributed by atoms with E-state index in [0.717, 1.165) is 4.68 Å². The monoisotopic (exact) mass is 261 g/mol. The Morgan fingerprint density at radius 3 is 2.94 bits per heavy atom. The Morgan fingerprint density at radius 2 is 2.31 bits per heavy atom. The molecule has 1 N–H and O–H groups in total. The zero-order chi connectivity index (χ0) is 12.1. The molecule has 0 atom stereocenters. The van der Waals surface area contributed by atoms with Crippen LogP contribution in [0.4, 0.5) is 0 Å². The van der Waals surface area contributed by atoms with E-state index in [0.29, 0.717) is 6.54 Å². The summed E-state index contributed by atoms with van der Waals surface area (Å²) in [6, 6.07) is 0. The molecule has 0 fully saturated rings. The molecule has 7 heteroatoms. The molecular formula is C9H9Cl2N3O2. The normalized spacial score (nSPS) is 9.88. The van der Waals surface area contributed by atoms with Crippen LogP contribution in [-0.2, 0) is 11.3 Å². The van der Waals surface area contributed by atoms with Gasteiger partial charge in [0.05, 0.1) is 11.2 Å². The van der Waals surface area contributed by atoms with Crippen LogP contribution in [0.1, 0.15) is 0 Å². The van der Waals surface area contributed by atoms with Crippen molar-refractivity contribution >= 4 is 29.1 Å². The van der Waals surface area contributed by atoms with Gasteiger partial charge in [-0.05, 0) is 0 Å². The lowest BCUT2D eigenvalue weighted by Crippen LogP contribution is -2.33.